The van der Waals surface area contributed by atoms with E-state index in [2.05, 4.69) is 36.1 Å². The van der Waals surface area contributed by atoms with Crippen molar-refractivity contribution in [1.29, 1.82) is 0 Å². The fourth-order valence-corrected chi connectivity index (χ4v) is 1.43. The van der Waals surface area contributed by atoms with Crippen molar-refractivity contribution in [3.05, 3.63) is 18.1 Å². The lowest BCUT2D eigenvalue weighted by molar-refractivity contribution is 0.666. The van der Waals surface area contributed by atoms with E-state index in [0.717, 1.165) is 30.8 Å². The molecule has 0 aromatic carbocycles. The van der Waals surface area contributed by atoms with Gasteiger partial charge in [-0.3, -0.25) is 4.98 Å². The Balaban J connectivity index is 2.74. The summed E-state index contributed by atoms with van der Waals surface area (Å²) in [6.07, 6.45) is 6.66. The van der Waals surface area contributed by atoms with Crippen LogP contribution < -0.4 is 5.32 Å². The summed E-state index contributed by atoms with van der Waals surface area (Å²) in [4.78, 5) is 8.61. The fourth-order valence-electron chi connectivity index (χ4n) is 1.43. The maximum atomic E-state index is 4.31. The molecule has 0 saturated heterocycles. The molecule has 0 aliphatic carbocycles. The van der Waals surface area contributed by atoms with Gasteiger partial charge in [0.2, 0.25) is 0 Å². The first-order valence-corrected chi connectivity index (χ1v) is 5.38. The standard InChI is InChI=1S/C11H19N3/c1-4-9(5-2)14-11-10(6-3)12-7-8-13-11/h7-9H,4-6H2,1-3H3,(H,13,14). The van der Waals surface area contributed by atoms with Gasteiger partial charge in [-0.25, -0.2) is 4.98 Å². The second kappa shape index (κ2) is 5.58. The molecule has 3 nitrogen and oxygen atoms in total. The molecule has 1 aromatic rings. The molecule has 0 aliphatic heterocycles. The van der Waals surface area contributed by atoms with Gasteiger partial charge in [-0.2, -0.15) is 0 Å². The van der Waals surface area contributed by atoms with Crippen LogP contribution in [0.4, 0.5) is 5.82 Å². The molecule has 1 rings (SSSR count). The average Bonchev–Trinajstić information content (AvgIpc) is 2.26. The fraction of sp³-hybridized carbons (Fsp3) is 0.636. The lowest BCUT2D eigenvalue weighted by Crippen LogP contribution is -2.19. The molecular weight excluding hydrogens is 174 g/mol. The summed E-state index contributed by atoms with van der Waals surface area (Å²) in [5.74, 6) is 0.948. The molecule has 0 atom stereocenters. The molecule has 0 aliphatic rings. The third-order valence-electron chi connectivity index (χ3n) is 2.44. The molecule has 0 saturated carbocycles. The van der Waals surface area contributed by atoms with E-state index >= 15 is 0 Å². The van der Waals surface area contributed by atoms with Gasteiger partial charge in [0.25, 0.3) is 0 Å². The molecule has 78 valence electrons. The molecule has 0 fully saturated rings. The summed E-state index contributed by atoms with van der Waals surface area (Å²) in [7, 11) is 0. The summed E-state index contributed by atoms with van der Waals surface area (Å²) in [5.41, 5.74) is 1.06. The van der Waals surface area contributed by atoms with Crippen molar-refractivity contribution < 1.29 is 0 Å². The molecule has 0 bridgehead atoms. The van der Waals surface area contributed by atoms with Crippen molar-refractivity contribution in [1.82, 2.24) is 9.97 Å². The zero-order chi connectivity index (χ0) is 10.4. The lowest BCUT2D eigenvalue weighted by atomic mass is 10.1. The minimum atomic E-state index is 0.511. The molecule has 0 amide bonds. The van der Waals surface area contributed by atoms with E-state index in [1.165, 1.54) is 0 Å². The van der Waals surface area contributed by atoms with Gasteiger partial charge < -0.3 is 5.32 Å². The van der Waals surface area contributed by atoms with E-state index < -0.39 is 0 Å². The molecule has 1 heterocycles. The number of hydrogen-bond donors (Lipinski definition) is 1. The Labute approximate surface area is 86.0 Å². The Bertz CT molecular complexity index is 269. The summed E-state index contributed by atoms with van der Waals surface area (Å²) >= 11 is 0. The van der Waals surface area contributed by atoms with Gasteiger partial charge in [-0.05, 0) is 19.3 Å². The number of anilines is 1. The highest BCUT2D eigenvalue weighted by Crippen LogP contribution is 2.12. The monoisotopic (exact) mass is 193 g/mol. The van der Waals surface area contributed by atoms with Gasteiger partial charge in [-0.1, -0.05) is 20.8 Å². The van der Waals surface area contributed by atoms with Crippen molar-refractivity contribution in [2.45, 2.75) is 46.1 Å². The number of aryl methyl sites for hydroxylation is 1. The van der Waals surface area contributed by atoms with Gasteiger partial charge in [0.05, 0.1) is 5.69 Å². The number of hydrogen-bond acceptors (Lipinski definition) is 3. The van der Waals surface area contributed by atoms with E-state index in [1.54, 1.807) is 12.4 Å². The van der Waals surface area contributed by atoms with Crippen LogP contribution in [0.15, 0.2) is 12.4 Å². The SMILES string of the molecule is CCc1nccnc1NC(CC)CC. The highest BCUT2D eigenvalue weighted by atomic mass is 15.0. The van der Waals surface area contributed by atoms with Crippen LogP contribution in [0.3, 0.4) is 0 Å². The zero-order valence-corrected chi connectivity index (χ0v) is 9.25. The van der Waals surface area contributed by atoms with Crippen LogP contribution in [-0.2, 0) is 6.42 Å². The quantitative estimate of drug-likeness (QED) is 0.781. The minimum absolute atomic E-state index is 0.511. The van der Waals surface area contributed by atoms with Crippen molar-refractivity contribution in [2.75, 3.05) is 5.32 Å². The zero-order valence-electron chi connectivity index (χ0n) is 9.25. The Kier molecular flexibility index (Phi) is 4.36. The highest BCUT2D eigenvalue weighted by molar-refractivity contribution is 5.40. The molecule has 1 aromatic heterocycles. The first kappa shape index (κ1) is 11.0. The average molecular weight is 193 g/mol. The summed E-state index contributed by atoms with van der Waals surface area (Å²) < 4.78 is 0. The van der Waals surface area contributed by atoms with Crippen LogP contribution in [0.1, 0.15) is 39.3 Å². The van der Waals surface area contributed by atoms with Gasteiger partial charge in [0.15, 0.2) is 0 Å². The number of aromatic nitrogens is 2. The van der Waals surface area contributed by atoms with Gasteiger partial charge in [0.1, 0.15) is 5.82 Å². The Hall–Kier alpha value is -1.12. The summed E-state index contributed by atoms with van der Waals surface area (Å²) in [5, 5.41) is 3.42. The normalized spacial score (nSPS) is 10.6. The van der Waals surface area contributed by atoms with Crippen LogP contribution >= 0.6 is 0 Å². The van der Waals surface area contributed by atoms with Crippen molar-refractivity contribution in [3.8, 4) is 0 Å². The second-order valence-electron chi connectivity index (χ2n) is 3.36. The van der Waals surface area contributed by atoms with Crippen LogP contribution in [-0.4, -0.2) is 16.0 Å². The maximum Gasteiger partial charge on any atom is 0.147 e. The summed E-state index contributed by atoms with van der Waals surface area (Å²) in [6.45, 7) is 6.47. The van der Waals surface area contributed by atoms with Crippen molar-refractivity contribution >= 4 is 5.82 Å². The first-order chi connectivity index (χ1) is 6.81. The summed E-state index contributed by atoms with van der Waals surface area (Å²) in [6, 6.07) is 0.511. The van der Waals surface area contributed by atoms with Crippen molar-refractivity contribution in [3.63, 3.8) is 0 Å². The van der Waals surface area contributed by atoms with E-state index in [1.807, 2.05) is 0 Å². The van der Waals surface area contributed by atoms with Crippen molar-refractivity contribution in [2.24, 2.45) is 0 Å². The lowest BCUT2D eigenvalue weighted by Gasteiger charge is -2.16. The third-order valence-corrected chi connectivity index (χ3v) is 2.44. The molecule has 1 N–H and O–H groups in total. The first-order valence-electron chi connectivity index (χ1n) is 5.38. The highest BCUT2D eigenvalue weighted by Gasteiger charge is 2.07. The Morgan fingerprint density at radius 1 is 1.14 bits per heavy atom. The molecule has 14 heavy (non-hydrogen) atoms. The van der Waals surface area contributed by atoms with Crippen LogP contribution in [0.25, 0.3) is 0 Å². The molecule has 0 unspecified atom stereocenters. The van der Waals surface area contributed by atoms with E-state index in [0.29, 0.717) is 6.04 Å². The Morgan fingerprint density at radius 3 is 2.36 bits per heavy atom. The molecule has 3 heteroatoms. The topological polar surface area (TPSA) is 37.8 Å². The van der Waals surface area contributed by atoms with E-state index in [9.17, 15) is 0 Å². The smallest absolute Gasteiger partial charge is 0.147 e. The minimum Gasteiger partial charge on any atom is -0.366 e. The third kappa shape index (κ3) is 2.69. The predicted octanol–water partition coefficient (Wildman–Crippen LogP) is 2.64. The van der Waals surface area contributed by atoms with Gasteiger partial charge in [-0.15, -0.1) is 0 Å². The largest absolute Gasteiger partial charge is 0.366 e. The van der Waals surface area contributed by atoms with Crippen LogP contribution in [0.5, 0.6) is 0 Å². The predicted molar refractivity (Wildman–Crippen MR) is 59.4 cm³/mol. The number of nitrogens with one attached hydrogen (secondary N) is 1. The molecular formula is C11H19N3. The van der Waals surface area contributed by atoms with Crippen LogP contribution in [0, 0.1) is 0 Å². The van der Waals surface area contributed by atoms with E-state index in [-0.39, 0.29) is 0 Å². The van der Waals surface area contributed by atoms with Gasteiger partial charge >= 0.3 is 0 Å². The molecule has 0 radical (unpaired) electrons. The van der Waals surface area contributed by atoms with Crippen LogP contribution in [0.2, 0.25) is 0 Å². The molecule has 0 spiro atoms. The number of nitrogens with zero attached hydrogens (tertiary/aromatic N) is 2. The van der Waals surface area contributed by atoms with Gasteiger partial charge in [0, 0.05) is 18.4 Å². The second-order valence-corrected chi connectivity index (χ2v) is 3.36. The number of rotatable bonds is 5. The maximum absolute atomic E-state index is 4.31. The van der Waals surface area contributed by atoms with E-state index in [4.69, 9.17) is 0 Å². The Morgan fingerprint density at radius 2 is 1.79 bits per heavy atom.